The molecule has 4 heterocycles. The quantitative estimate of drug-likeness (QED) is 0.249. The number of ether oxygens (including phenoxy) is 3. The molecule has 276 valence electrons. The van der Waals surface area contributed by atoms with Crippen molar-refractivity contribution in [1.82, 2.24) is 20.2 Å². The van der Waals surface area contributed by atoms with Gasteiger partial charge in [-0.05, 0) is 76.1 Å². The highest BCUT2D eigenvalue weighted by molar-refractivity contribution is 7.13. The Kier molecular flexibility index (Phi) is 11.5. The fourth-order valence-electron chi connectivity index (χ4n) is 6.43. The van der Waals surface area contributed by atoms with Crippen molar-refractivity contribution < 1.29 is 33.4 Å². The first kappa shape index (κ1) is 37.7. The van der Waals surface area contributed by atoms with E-state index in [-0.39, 0.29) is 48.5 Å². The maximum atomic E-state index is 14.0. The fourth-order valence-corrected chi connectivity index (χ4v) is 7.46. The monoisotopic (exact) mass is 769 g/mol. The number of rotatable bonds is 6. The van der Waals surface area contributed by atoms with Gasteiger partial charge in [0.25, 0.3) is 0 Å². The highest BCUT2D eigenvalue weighted by Gasteiger charge is 2.48. The molecule has 2 amide bonds. The molecule has 2 aliphatic heterocycles. The molecule has 2 aromatic heterocycles. The smallest absolute Gasteiger partial charge is 0.408 e. The molecule has 1 N–H and O–H groups in total. The summed E-state index contributed by atoms with van der Waals surface area (Å²) < 4.78 is 17.6. The second-order valence-electron chi connectivity index (χ2n) is 14.0. The van der Waals surface area contributed by atoms with Gasteiger partial charge in [0, 0.05) is 37.6 Å². The number of amides is 2. The third-order valence-electron chi connectivity index (χ3n) is 8.98. The third kappa shape index (κ3) is 8.92. The van der Waals surface area contributed by atoms with E-state index in [1.807, 2.05) is 17.5 Å². The number of esters is 1. The van der Waals surface area contributed by atoms with Gasteiger partial charge < -0.3 is 19.5 Å². The summed E-state index contributed by atoms with van der Waals surface area (Å²) in [6.45, 7) is 7.12. The first-order chi connectivity index (χ1) is 24.8. The van der Waals surface area contributed by atoms with Crippen molar-refractivity contribution in [1.29, 1.82) is 0 Å². The van der Waals surface area contributed by atoms with E-state index in [0.717, 1.165) is 29.8 Å². The average Bonchev–Trinajstić information content (AvgIpc) is 3.42. The molecule has 0 spiro atoms. The van der Waals surface area contributed by atoms with Crippen molar-refractivity contribution in [2.24, 2.45) is 10.9 Å². The number of carbonyl (C=O) groups excluding carboxylic acids is 4. The molecule has 15 heteroatoms. The number of halogens is 2. The summed E-state index contributed by atoms with van der Waals surface area (Å²) in [6.07, 6.45) is 3.08. The van der Waals surface area contributed by atoms with E-state index in [2.05, 4.69) is 5.32 Å². The number of allylic oxidation sites excluding steroid dienone is 2. The molecule has 52 heavy (non-hydrogen) atoms. The van der Waals surface area contributed by atoms with Gasteiger partial charge in [-0.15, -0.1) is 11.3 Å². The number of ketones is 1. The molecule has 6 rings (SSSR count). The minimum Gasteiger partial charge on any atom is -0.466 e. The van der Waals surface area contributed by atoms with Crippen molar-refractivity contribution in [3.8, 4) is 16.5 Å². The number of hydrogen-bond donors (Lipinski definition) is 1. The van der Waals surface area contributed by atoms with E-state index in [4.69, 9.17) is 52.4 Å². The molecular formula is C37H41Cl2N5O7S. The topological polar surface area (TPSA) is 149 Å². The zero-order valence-electron chi connectivity index (χ0n) is 29.4. The lowest BCUT2D eigenvalue weighted by Gasteiger charge is -2.33. The summed E-state index contributed by atoms with van der Waals surface area (Å²) in [5.74, 6) is -1.89. The molecule has 3 aromatic rings. The lowest BCUT2D eigenvalue weighted by atomic mass is 9.99. The molecule has 3 aliphatic rings. The number of aromatic nitrogens is 2. The van der Waals surface area contributed by atoms with E-state index in [1.54, 1.807) is 46.0 Å². The number of alkyl carbamates (subject to hydrolysis) is 1. The predicted molar refractivity (Wildman–Crippen MR) is 199 cm³/mol. The largest absolute Gasteiger partial charge is 0.466 e. The van der Waals surface area contributed by atoms with Crippen molar-refractivity contribution in [3.63, 3.8) is 0 Å². The number of nitrogens with zero attached hydrogens (tertiary/aromatic N) is 4. The number of hydrogen-bond acceptors (Lipinski definition) is 11. The second-order valence-corrected chi connectivity index (χ2v) is 15.8. The Labute approximate surface area is 315 Å². The lowest BCUT2D eigenvalue weighted by Crippen LogP contribution is -2.49. The van der Waals surface area contributed by atoms with Crippen molar-refractivity contribution in [3.05, 3.63) is 51.0 Å². The lowest BCUT2D eigenvalue weighted by molar-refractivity contribution is -0.148. The van der Waals surface area contributed by atoms with Gasteiger partial charge in [0.05, 0.1) is 50.6 Å². The van der Waals surface area contributed by atoms with Crippen LogP contribution in [0.2, 0.25) is 10.0 Å². The molecule has 12 nitrogen and oxygen atoms in total. The summed E-state index contributed by atoms with van der Waals surface area (Å²) in [5.41, 5.74) is 2.62. The highest BCUT2D eigenvalue weighted by atomic mass is 35.5. The summed E-state index contributed by atoms with van der Waals surface area (Å²) in [5, 5.41) is 5.26. The predicted octanol–water partition coefficient (Wildman–Crippen LogP) is 7.70. The highest BCUT2D eigenvalue weighted by Crippen LogP contribution is 2.39. The van der Waals surface area contributed by atoms with Crippen molar-refractivity contribution in [2.45, 2.75) is 103 Å². The van der Waals surface area contributed by atoms with Gasteiger partial charge in [0.2, 0.25) is 11.8 Å². The Morgan fingerprint density at radius 2 is 1.81 bits per heavy atom. The van der Waals surface area contributed by atoms with Gasteiger partial charge >= 0.3 is 12.1 Å². The molecule has 1 aliphatic carbocycles. The summed E-state index contributed by atoms with van der Waals surface area (Å²) in [6, 6.07) is 5.29. The van der Waals surface area contributed by atoms with Crippen LogP contribution in [-0.2, 0) is 23.9 Å². The Bertz CT molecular complexity index is 1930. The maximum absolute atomic E-state index is 14.0. The van der Waals surface area contributed by atoms with Crippen LogP contribution in [0.5, 0.6) is 5.88 Å². The van der Waals surface area contributed by atoms with Crippen LogP contribution in [-0.4, -0.2) is 75.4 Å². The molecule has 4 atom stereocenters. The minimum absolute atomic E-state index is 0.00980. The SMILES string of the molecule is CCOC(=O)[C@H]1CC(=O)N2[C@@H]1C=NC1=C(CCCC[C@H](NC(=O)OC(C)(C)C)C(=O)CC[C@H]2Oc2nc3cc(Cl)c(Cl)cc3nc2-c2cccs2)C1. The maximum Gasteiger partial charge on any atom is 0.408 e. The second kappa shape index (κ2) is 15.9. The summed E-state index contributed by atoms with van der Waals surface area (Å²) in [4.78, 5) is 70.7. The number of Topliss-reactive ketones (excluding diaryl/α,β-unsaturated/α-hetero) is 1. The van der Waals surface area contributed by atoms with Crippen LogP contribution in [0.25, 0.3) is 21.6 Å². The average molecular weight is 771 g/mol. The molecule has 1 aromatic carbocycles. The first-order valence-electron chi connectivity index (χ1n) is 17.4. The van der Waals surface area contributed by atoms with E-state index >= 15 is 0 Å². The zero-order valence-corrected chi connectivity index (χ0v) is 31.8. The van der Waals surface area contributed by atoms with Gasteiger partial charge in [-0.2, -0.15) is 0 Å². The Hall–Kier alpha value is -4.07. The molecule has 0 radical (unpaired) electrons. The molecule has 0 bridgehead atoms. The Balaban J connectivity index is 1.41. The van der Waals surface area contributed by atoms with Gasteiger partial charge in [0.15, 0.2) is 12.0 Å². The number of carbonyl (C=O) groups is 4. The molecule has 0 unspecified atom stereocenters. The normalized spacial score (nSPS) is 22.7. The van der Waals surface area contributed by atoms with E-state index in [0.29, 0.717) is 34.6 Å². The van der Waals surface area contributed by atoms with Gasteiger partial charge in [-0.25, -0.2) is 14.8 Å². The number of fused-ring (bicyclic) bond motifs is 2. The van der Waals surface area contributed by atoms with E-state index in [1.165, 1.54) is 21.8 Å². The Morgan fingerprint density at radius 1 is 1.06 bits per heavy atom. The van der Waals surface area contributed by atoms with Crippen LogP contribution in [0, 0.1) is 5.92 Å². The van der Waals surface area contributed by atoms with Crippen LogP contribution in [0.1, 0.15) is 79.1 Å². The molecular weight excluding hydrogens is 729 g/mol. The van der Waals surface area contributed by atoms with Crippen molar-refractivity contribution in [2.75, 3.05) is 6.61 Å². The fraction of sp³-hybridized carbons (Fsp3) is 0.486. The van der Waals surface area contributed by atoms with E-state index < -0.39 is 41.9 Å². The summed E-state index contributed by atoms with van der Waals surface area (Å²) >= 11 is 14.1. The van der Waals surface area contributed by atoms with Crippen LogP contribution in [0.15, 0.2) is 45.9 Å². The Morgan fingerprint density at radius 3 is 2.50 bits per heavy atom. The van der Waals surface area contributed by atoms with Crippen LogP contribution in [0.4, 0.5) is 4.79 Å². The zero-order chi connectivity index (χ0) is 37.2. The van der Waals surface area contributed by atoms with Crippen LogP contribution < -0.4 is 10.1 Å². The van der Waals surface area contributed by atoms with Crippen LogP contribution in [0.3, 0.4) is 0 Å². The summed E-state index contributed by atoms with van der Waals surface area (Å²) in [7, 11) is 0. The number of benzene rings is 1. The van der Waals surface area contributed by atoms with Gasteiger partial charge in [-0.1, -0.05) is 35.7 Å². The molecule has 1 fully saturated rings. The standard InChI is InChI=1S/C37H41Cl2N5O7S/c1-5-49-35(47)21-16-31(46)44-28(21)19-40-25-15-20(25)9-6-7-10-24(43-36(48)51-37(2,3)4)29(45)12-13-32(44)50-34-33(30-11-8-14-52-30)41-26-17-22(38)23(39)18-27(26)42-34/h8,11,14,17-19,21,24,28,32H,5-7,9-10,12-13,15-16H2,1-4H3,(H,43,48)/t21-,24-,28+,32+/m0/s1. The number of aliphatic imine (C=N–C) groups is 1. The number of nitrogens with one attached hydrogen (secondary N) is 1. The minimum atomic E-state index is -1.10. The molecule has 0 saturated carbocycles. The first-order valence-corrected chi connectivity index (χ1v) is 19.1. The van der Waals surface area contributed by atoms with Gasteiger partial charge in [-0.3, -0.25) is 24.3 Å². The van der Waals surface area contributed by atoms with Gasteiger partial charge in [0.1, 0.15) is 11.3 Å². The van der Waals surface area contributed by atoms with Crippen molar-refractivity contribution >= 4 is 75.5 Å². The van der Waals surface area contributed by atoms with Crippen LogP contribution >= 0.6 is 34.5 Å². The van der Waals surface area contributed by atoms with E-state index in [9.17, 15) is 19.2 Å². The number of thiophene rings is 1. The third-order valence-corrected chi connectivity index (χ3v) is 10.6. The molecule has 1 saturated heterocycles.